The average molecular weight is 760 g/mol. The zero-order chi connectivity index (χ0) is 38.5. The Hall–Kier alpha value is -2.04. The molecule has 12 heteroatoms. The van der Waals surface area contributed by atoms with E-state index >= 15 is 0 Å². The summed E-state index contributed by atoms with van der Waals surface area (Å²) in [6, 6.07) is -1.54. The van der Waals surface area contributed by atoms with E-state index in [1.807, 2.05) is 0 Å². The summed E-state index contributed by atoms with van der Waals surface area (Å²) < 4.78 is 26.7. The van der Waals surface area contributed by atoms with Gasteiger partial charge in [0.1, 0.15) is 12.7 Å². The number of rotatable bonds is 38. The van der Waals surface area contributed by atoms with Crippen LogP contribution in [0.25, 0.3) is 0 Å². The quantitative estimate of drug-likeness (QED) is 0.0206. The molecule has 0 saturated heterocycles. The fourth-order valence-electron chi connectivity index (χ4n) is 5.53. The van der Waals surface area contributed by atoms with E-state index < -0.39 is 57.6 Å². The van der Waals surface area contributed by atoms with Crippen LogP contribution in [0.1, 0.15) is 181 Å². The fourth-order valence-corrected chi connectivity index (χ4v) is 6.30. The first-order chi connectivity index (χ1) is 25.1. The van der Waals surface area contributed by atoms with Crippen LogP contribution in [0.3, 0.4) is 0 Å². The molecule has 304 valence electrons. The first-order valence-electron chi connectivity index (χ1n) is 20.4. The Morgan fingerprint density at radius 1 is 0.615 bits per heavy atom. The van der Waals surface area contributed by atoms with Crippen molar-refractivity contribution in [2.75, 3.05) is 19.8 Å². The Bertz CT molecular complexity index is 989. The van der Waals surface area contributed by atoms with Crippen LogP contribution >= 0.6 is 7.82 Å². The number of amides is 1. The van der Waals surface area contributed by atoms with E-state index in [1.165, 1.54) is 77.0 Å². The van der Waals surface area contributed by atoms with Gasteiger partial charge in [0, 0.05) is 12.8 Å². The first-order valence-corrected chi connectivity index (χ1v) is 21.9. The van der Waals surface area contributed by atoms with Crippen molar-refractivity contribution < 1.29 is 47.8 Å². The molecule has 52 heavy (non-hydrogen) atoms. The number of aliphatic hydroxyl groups is 1. The van der Waals surface area contributed by atoms with Crippen LogP contribution in [-0.2, 0) is 32.7 Å². The minimum Gasteiger partial charge on any atom is -0.480 e. The molecule has 0 radical (unpaired) electrons. The SMILES string of the molecule is CCC/C=C\C/C=C\CCCCCCCC(=O)OCC(O)COP(=O)(O)OCC(NC(=O)CCCCCCCCCCCCCCCCC)C(=O)O. The predicted molar refractivity (Wildman–Crippen MR) is 208 cm³/mol. The van der Waals surface area contributed by atoms with E-state index in [1.54, 1.807) is 0 Å². The van der Waals surface area contributed by atoms with Gasteiger partial charge in [-0.1, -0.05) is 154 Å². The molecule has 3 atom stereocenters. The number of nitrogens with one attached hydrogen (secondary N) is 1. The standard InChI is InChI=1S/C40H74NO10P/c1-3-5-7-9-11-13-15-17-18-20-21-23-25-27-29-31-38(43)41-37(40(45)46)35-51-52(47,48)50-34-36(42)33-49-39(44)32-30-28-26-24-22-19-16-14-12-10-8-6-4-2/h8,10,14,16,36-37,42H,3-7,9,11-13,15,17-35H2,1-2H3,(H,41,43)(H,45,46)(H,47,48)/b10-8-,16-14-. The molecule has 4 N–H and O–H groups in total. The van der Waals surface area contributed by atoms with Crippen LogP contribution < -0.4 is 5.32 Å². The number of ether oxygens (including phenoxy) is 1. The van der Waals surface area contributed by atoms with Crippen LogP contribution in [0, 0.1) is 0 Å². The zero-order valence-electron chi connectivity index (χ0n) is 32.6. The summed E-state index contributed by atoms with van der Waals surface area (Å²) in [6.07, 6.45) is 34.9. The van der Waals surface area contributed by atoms with Crippen LogP contribution in [-0.4, -0.2) is 64.9 Å². The van der Waals surface area contributed by atoms with Crippen molar-refractivity contribution in [1.82, 2.24) is 5.32 Å². The Balaban J connectivity index is 3.94. The number of hydrogen-bond acceptors (Lipinski definition) is 8. The van der Waals surface area contributed by atoms with Crippen molar-refractivity contribution in [2.45, 2.75) is 193 Å². The topological polar surface area (TPSA) is 169 Å². The molecule has 0 aliphatic heterocycles. The summed E-state index contributed by atoms with van der Waals surface area (Å²) in [5.74, 6) is -2.38. The highest BCUT2D eigenvalue weighted by Crippen LogP contribution is 2.43. The van der Waals surface area contributed by atoms with Gasteiger partial charge >= 0.3 is 19.8 Å². The van der Waals surface area contributed by atoms with Gasteiger partial charge in [-0.05, 0) is 38.5 Å². The highest BCUT2D eigenvalue weighted by Gasteiger charge is 2.28. The van der Waals surface area contributed by atoms with Crippen LogP contribution in [0.4, 0.5) is 0 Å². The zero-order valence-corrected chi connectivity index (χ0v) is 33.5. The third-order valence-electron chi connectivity index (χ3n) is 8.72. The highest BCUT2D eigenvalue weighted by atomic mass is 31.2. The van der Waals surface area contributed by atoms with Crippen LogP contribution in [0.2, 0.25) is 0 Å². The molecule has 0 aliphatic rings. The Morgan fingerprint density at radius 2 is 1.10 bits per heavy atom. The maximum Gasteiger partial charge on any atom is 0.472 e. The van der Waals surface area contributed by atoms with Gasteiger partial charge in [-0.3, -0.25) is 18.6 Å². The summed E-state index contributed by atoms with van der Waals surface area (Å²) in [5, 5.41) is 21.8. The van der Waals surface area contributed by atoms with Crippen molar-refractivity contribution in [1.29, 1.82) is 0 Å². The summed E-state index contributed by atoms with van der Waals surface area (Å²) in [5.41, 5.74) is 0. The summed E-state index contributed by atoms with van der Waals surface area (Å²) in [7, 11) is -4.75. The van der Waals surface area contributed by atoms with Gasteiger partial charge in [0.25, 0.3) is 0 Å². The highest BCUT2D eigenvalue weighted by molar-refractivity contribution is 7.47. The summed E-state index contributed by atoms with van der Waals surface area (Å²) in [6.45, 7) is 2.51. The second-order valence-electron chi connectivity index (χ2n) is 13.8. The van der Waals surface area contributed by atoms with Crippen molar-refractivity contribution in [3.05, 3.63) is 24.3 Å². The molecule has 0 spiro atoms. The van der Waals surface area contributed by atoms with Gasteiger partial charge in [0.2, 0.25) is 5.91 Å². The van der Waals surface area contributed by atoms with Gasteiger partial charge in [-0.25, -0.2) is 9.36 Å². The second kappa shape index (κ2) is 36.0. The number of esters is 1. The molecule has 0 aromatic rings. The lowest BCUT2D eigenvalue weighted by molar-refractivity contribution is -0.147. The maximum absolute atomic E-state index is 12.3. The molecule has 1 amide bonds. The smallest absolute Gasteiger partial charge is 0.472 e. The number of carbonyl (C=O) groups excluding carboxylic acids is 2. The average Bonchev–Trinajstić information content (AvgIpc) is 3.11. The maximum atomic E-state index is 12.3. The lowest BCUT2D eigenvalue weighted by atomic mass is 10.0. The molecule has 11 nitrogen and oxygen atoms in total. The number of phosphoric acid groups is 1. The monoisotopic (exact) mass is 760 g/mol. The third kappa shape index (κ3) is 35.0. The second-order valence-corrected chi connectivity index (χ2v) is 15.3. The van der Waals surface area contributed by atoms with E-state index in [-0.39, 0.29) is 12.8 Å². The molecule has 0 heterocycles. The molecular weight excluding hydrogens is 685 g/mol. The van der Waals surface area contributed by atoms with E-state index in [0.717, 1.165) is 64.2 Å². The van der Waals surface area contributed by atoms with E-state index in [4.69, 9.17) is 13.8 Å². The van der Waals surface area contributed by atoms with Gasteiger partial charge < -0.3 is 25.2 Å². The number of aliphatic hydroxyl groups excluding tert-OH is 1. The molecule has 0 aliphatic carbocycles. The van der Waals surface area contributed by atoms with E-state index in [2.05, 4.69) is 43.5 Å². The number of carboxylic acids is 1. The van der Waals surface area contributed by atoms with Gasteiger partial charge in [0.05, 0.1) is 13.2 Å². The van der Waals surface area contributed by atoms with Crippen LogP contribution in [0.15, 0.2) is 24.3 Å². The van der Waals surface area contributed by atoms with Crippen molar-refractivity contribution in [3.8, 4) is 0 Å². The number of unbranched alkanes of at least 4 members (excludes halogenated alkanes) is 20. The lowest BCUT2D eigenvalue weighted by Gasteiger charge is -2.18. The minimum absolute atomic E-state index is 0.149. The van der Waals surface area contributed by atoms with Crippen LogP contribution in [0.5, 0.6) is 0 Å². The number of aliphatic carboxylic acids is 1. The molecule has 0 aromatic heterocycles. The molecular formula is C40H74NO10P. The van der Waals surface area contributed by atoms with Crippen molar-refractivity contribution in [3.63, 3.8) is 0 Å². The number of phosphoric ester groups is 1. The number of carboxylic acid groups (broad SMARTS) is 1. The van der Waals surface area contributed by atoms with Gasteiger partial charge in [0.15, 0.2) is 6.04 Å². The first kappa shape index (κ1) is 50.0. The Morgan fingerprint density at radius 3 is 1.63 bits per heavy atom. The lowest BCUT2D eigenvalue weighted by Crippen LogP contribution is -2.43. The largest absolute Gasteiger partial charge is 0.480 e. The fraction of sp³-hybridized carbons (Fsp3) is 0.825. The van der Waals surface area contributed by atoms with Crippen molar-refractivity contribution in [2.24, 2.45) is 0 Å². The molecule has 0 aromatic carbocycles. The third-order valence-corrected chi connectivity index (χ3v) is 9.68. The molecule has 0 bridgehead atoms. The molecule has 0 rings (SSSR count). The minimum atomic E-state index is -4.75. The van der Waals surface area contributed by atoms with Gasteiger partial charge in [-0.2, -0.15) is 0 Å². The summed E-state index contributed by atoms with van der Waals surface area (Å²) >= 11 is 0. The number of allylic oxidation sites excluding steroid dienone is 4. The van der Waals surface area contributed by atoms with E-state index in [0.29, 0.717) is 12.8 Å². The normalized spacial score (nSPS) is 14.1. The van der Waals surface area contributed by atoms with Gasteiger partial charge in [-0.15, -0.1) is 0 Å². The van der Waals surface area contributed by atoms with Crippen molar-refractivity contribution >= 4 is 25.7 Å². The molecule has 3 unspecified atom stereocenters. The summed E-state index contributed by atoms with van der Waals surface area (Å²) in [4.78, 5) is 45.8. The molecule has 0 fully saturated rings. The Labute approximate surface area is 315 Å². The molecule has 0 saturated carbocycles. The Kier molecular flexibility index (Phi) is 34.6. The van der Waals surface area contributed by atoms with E-state index in [9.17, 15) is 34.1 Å². The number of carbonyl (C=O) groups is 3. The predicted octanol–water partition coefficient (Wildman–Crippen LogP) is 9.89. The number of hydrogen-bond donors (Lipinski definition) is 4.